The predicted molar refractivity (Wildman–Crippen MR) is 117 cm³/mol. The van der Waals surface area contributed by atoms with Crippen LogP contribution in [0.15, 0.2) is 54.1 Å². The minimum atomic E-state index is 0.780. The normalized spacial score (nSPS) is 21.8. The lowest BCUT2D eigenvalue weighted by molar-refractivity contribution is 0.302. The Labute approximate surface area is 165 Å². The number of aryl methyl sites for hydroxylation is 1. The molecule has 2 aromatic rings. The second-order valence-electron chi connectivity index (χ2n) is 8.86. The van der Waals surface area contributed by atoms with Crippen molar-refractivity contribution in [3.63, 3.8) is 0 Å². The standard InChI is InChI=1S/C27H34/c1-3-4-5-8-21-13-16-27-25(17-21)19-24(22-14-11-20(2)12-15-22)18-23-9-6-7-10-26(23)27/h6-7,9-11,13,16-17,22,24H,3-5,8,12,14-15,18-19H2,1-2H3. The molecule has 27 heavy (non-hydrogen) atoms. The summed E-state index contributed by atoms with van der Waals surface area (Å²) in [5.74, 6) is 1.62. The Balaban J connectivity index is 1.66. The van der Waals surface area contributed by atoms with Crippen molar-refractivity contribution in [2.75, 3.05) is 0 Å². The van der Waals surface area contributed by atoms with E-state index < -0.39 is 0 Å². The van der Waals surface area contributed by atoms with Gasteiger partial charge in [0.1, 0.15) is 0 Å². The van der Waals surface area contributed by atoms with Gasteiger partial charge in [-0.15, -0.1) is 0 Å². The molecule has 0 heteroatoms. The maximum atomic E-state index is 2.55. The van der Waals surface area contributed by atoms with Crippen molar-refractivity contribution < 1.29 is 0 Å². The number of hydrogen-bond donors (Lipinski definition) is 0. The Kier molecular flexibility index (Phi) is 5.81. The fourth-order valence-electron chi connectivity index (χ4n) is 5.16. The van der Waals surface area contributed by atoms with Gasteiger partial charge in [0.2, 0.25) is 0 Å². The van der Waals surface area contributed by atoms with Crippen molar-refractivity contribution in [3.05, 3.63) is 70.8 Å². The topological polar surface area (TPSA) is 0 Å². The van der Waals surface area contributed by atoms with Crippen molar-refractivity contribution >= 4 is 0 Å². The summed E-state index contributed by atoms with van der Waals surface area (Å²) in [7, 11) is 0. The molecule has 0 saturated heterocycles. The van der Waals surface area contributed by atoms with Gasteiger partial charge in [0, 0.05) is 0 Å². The van der Waals surface area contributed by atoms with Gasteiger partial charge in [-0.1, -0.05) is 73.9 Å². The zero-order chi connectivity index (χ0) is 18.6. The summed E-state index contributed by atoms with van der Waals surface area (Å²) in [4.78, 5) is 0. The fourth-order valence-corrected chi connectivity index (χ4v) is 5.16. The highest BCUT2D eigenvalue weighted by Gasteiger charge is 2.28. The third-order valence-electron chi connectivity index (χ3n) is 6.86. The van der Waals surface area contributed by atoms with Crippen LogP contribution in [0.3, 0.4) is 0 Å². The lowest BCUT2D eigenvalue weighted by Gasteiger charge is -2.29. The van der Waals surface area contributed by atoms with Crippen LogP contribution in [0.25, 0.3) is 11.1 Å². The van der Waals surface area contributed by atoms with Crippen molar-refractivity contribution in [1.29, 1.82) is 0 Å². The van der Waals surface area contributed by atoms with E-state index in [1.807, 2.05) is 0 Å². The van der Waals surface area contributed by atoms with Crippen LogP contribution in [-0.4, -0.2) is 0 Å². The molecule has 0 heterocycles. The van der Waals surface area contributed by atoms with Gasteiger partial charge >= 0.3 is 0 Å². The number of unbranched alkanes of at least 4 members (excludes halogenated alkanes) is 2. The molecule has 142 valence electrons. The summed E-state index contributed by atoms with van der Waals surface area (Å²) in [6.45, 7) is 4.59. The molecular weight excluding hydrogens is 324 g/mol. The molecule has 4 rings (SSSR count). The molecule has 0 radical (unpaired) electrons. The van der Waals surface area contributed by atoms with Crippen LogP contribution in [0.2, 0.25) is 0 Å². The average molecular weight is 359 g/mol. The van der Waals surface area contributed by atoms with Crippen molar-refractivity contribution in [1.82, 2.24) is 0 Å². The first kappa shape index (κ1) is 18.5. The van der Waals surface area contributed by atoms with Gasteiger partial charge in [0.25, 0.3) is 0 Å². The van der Waals surface area contributed by atoms with Gasteiger partial charge in [-0.25, -0.2) is 0 Å². The molecule has 2 aliphatic carbocycles. The predicted octanol–water partition coefficient (Wildman–Crippen LogP) is 7.55. The van der Waals surface area contributed by atoms with E-state index in [1.165, 1.54) is 68.9 Å². The molecule has 0 N–H and O–H groups in total. The Hall–Kier alpha value is -1.82. The van der Waals surface area contributed by atoms with Gasteiger partial charge in [0.05, 0.1) is 0 Å². The van der Waals surface area contributed by atoms with E-state index in [4.69, 9.17) is 0 Å². The zero-order valence-electron chi connectivity index (χ0n) is 17.1. The van der Waals surface area contributed by atoms with E-state index >= 15 is 0 Å². The highest BCUT2D eigenvalue weighted by molar-refractivity contribution is 5.72. The summed E-state index contributed by atoms with van der Waals surface area (Å²) in [5.41, 5.74) is 9.28. The lowest BCUT2D eigenvalue weighted by atomic mass is 9.76. The summed E-state index contributed by atoms with van der Waals surface area (Å²) in [6.07, 6.45) is 14.2. The van der Waals surface area contributed by atoms with Crippen LogP contribution >= 0.6 is 0 Å². The van der Waals surface area contributed by atoms with E-state index in [0.29, 0.717) is 0 Å². The molecular formula is C27H34. The summed E-state index contributed by atoms with van der Waals surface area (Å²) in [6, 6.07) is 16.5. The Bertz CT molecular complexity index is 811. The molecule has 0 aliphatic heterocycles. The van der Waals surface area contributed by atoms with Crippen LogP contribution < -0.4 is 0 Å². The highest BCUT2D eigenvalue weighted by atomic mass is 14.3. The Morgan fingerprint density at radius 3 is 2.52 bits per heavy atom. The van der Waals surface area contributed by atoms with Crippen molar-refractivity contribution in [2.45, 2.75) is 71.6 Å². The molecule has 2 unspecified atom stereocenters. The first-order valence-electron chi connectivity index (χ1n) is 11.1. The molecule has 0 bridgehead atoms. The molecule has 0 nitrogen and oxygen atoms in total. The third kappa shape index (κ3) is 4.21. The van der Waals surface area contributed by atoms with Crippen LogP contribution in [0, 0.1) is 11.8 Å². The van der Waals surface area contributed by atoms with E-state index in [-0.39, 0.29) is 0 Å². The third-order valence-corrected chi connectivity index (χ3v) is 6.86. The van der Waals surface area contributed by atoms with E-state index in [9.17, 15) is 0 Å². The van der Waals surface area contributed by atoms with Gasteiger partial charge < -0.3 is 0 Å². The minimum Gasteiger partial charge on any atom is -0.0853 e. The molecule has 0 saturated carbocycles. The monoisotopic (exact) mass is 358 g/mol. The quantitative estimate of drug-likeness (QED) is 0.382. The molecule has 2 atom stereocenters. The maximum absolute atomic E-state index is 2.55. The van der Waals surface area contributed by atoms with Crippen LogP contribution in [-0.2, 0) is 19.3 Å². The van der Waals surface area contributed by atoms with Crippen molar-refractivity contribution in [2.24, 2.45) is 11.8 Å². The van der Waals surface area contributed by atoms with Crippen molar-refractivity contribution in [3.8, 4) is 11.1 Å². The summed E-state index contributed by atoms with van der Waals surface area (Å²) in [5, 5.41) is 0. The number of rotatable bonds is 5. The number of allylic oxidation sites excluding steroid dienone is 2. The molecule has 0 amide bonds. The first-order chi connectivity index (χ1) is 13.2. The summed E-state index contributed by atoms with van der Waals surface area (Å²) < 4.78 is 0. The molecule has 0 fully saturated rings. The Morgan fingerprint density at radius 2 is 1.70 bits per heavy atom. The van der Waals surface area contributed by atoms with Gasteiger partial charge in [-0.2, -0.15) is 0 Å². The number of fused-ring (bicyclic) bond motifs is 3. The number of benzene rings is 2. The van der Waals surface area contributed by atoms with Crippen LogP contribution in [0.1, 0.15) is 69.1 Å². The maximum Gasteiger partial charge on any atom is -0.0149 e. The largest absolute Gasteiger partial charge is 0.0853 e. The molecule has 2 aliphatic rings. The van der Waals surface area contributed by atoms with E-state index in [2.05, 4.69) is 62.4 Å². The zero-order valence-corrected chi connectivity index (χ0v) is 17.1. The second-order valence-corrected chi connectivity index (χ2v) is 8.86. The molecule has 0 aromatic heterocycles. The van der Waals surface area contributed by atoms with Gasteiger partial charge in [-0.3, -0.25) is 0 Å². The first-order valence-corrected chi connectivity index (χ1v) is 11.1. The molecule has 0 spiro atoms. The number of hydrogen-bond acceptors (Lipinski definition) is 0. The van der Waals surface area contributed by atoms with E-state index in [1.54, 1.807) is 22.3 Å². The average Bonchev–Trinajstić information content (AvgIpc) is 2.85. The van der Waals surface area contributed by atoms with Crippen LogP contribution in [0.5, 0.6) is 0 Å². The van der Waals surface area contributed by atoms with Gasteiger partial charge in [0.15, 0.2) is 0 Å². The molecule has 2 aromatic carbocycles. The SMILES string of the molecule is CCCCCc1ccc2c(c1)CC(C1CC=C(C)CC1)Cc1ccccc1-2. The second kappa shape index (κ2) is 8.46. The Morgan fingerprint density at radius 1 is 0.889 bits per heavy atom. The van der Waals surface area contributed by atoms with E-state index in [0.717, 1.165) is 11.8 Å². The lowest BCUT2D eigenvalue weighted by Crippen LogP contribution is -2.21. The minimum absolute atomic E-state index is 0.780. The fraction of sp³-hybridized carbons (Fsp3) is 0.481. The van der Waals surface area contributed by atoms with Crippen LogP contribution in [0.4, 0.5) is 0 Å². The highest BCUT2D eigenvalue weighted by Crippen LogP contribution is 2.40. The summed E-state index contributed by atoms with van der Waals surface area (Å²) >= 11 is 0. The smallest absolute Gasteiger partial charge is 0.0149 e. The van der Waals surface area contributed by atoms with Gasteiger partial charge in [-0.05, 0) is 91.5 Å².